The van der Waals surface area contributed by atoms with Crippen LogP contribution >= 0.6 is 0 Å². The average Bonchev–Trinajstić information content (AvgIpc) is 2.84. The standard InChI is InChI=1S/C18H21NO6/c1-4-23-17(21)25-15-11(3)19-18(22)9-24-16(20)14(18)13(15)12-8-6-5-7-10(12)2/h5-8,13-14,19,22H,4,9H2,1-3H3. The molecule has 134 valence electrons. The molecule has 2 aliphatic heterocycles. The van der Waals surface area contributed by atoms with E-state index >= 15 is 0 Å². The van der Waals surface area contributed by atoms with Crippen molar-refractivity contribution in [2.75, 3.05) is 13.2 Å². The van der Waals surface area contributed by atoms with E-state index in [1.807, 2.05) is 31.2 Å². The smallest absolute Gasteiger partial charge is 0.460 e. The van der Waals surface area contributed by atoms with Crippen molar-refractivity contribution >= 4 is 12.1 Å². The fourth-order valence-electron chi connectivity index (χ4n) is 3.49. The van der Waals surface area contributed by atoms with Crippen LogP contribution in [0.25, 0.3) is 0 Å². The number of carbonyl (C=O) groups excluding carboxylic acids is 2. The van der Waals surface area contributed by atoms with Crippen molar-refractivity contribution in [2.45, 2.75) is 32.4 Å². The topological polar surface area (TPSA) is 94.1 Å². The number of rotatable bonds is 3. The molecule has 0 bridgehead atoms. The summed E-state index contributed by atoms with van der Waals surface area (Å²) < 4.78 is 15.4. The second kappa shape index (κ2) is 6.40. The lowest BCUT2D eigenvalue weighted by Gasteiger charge is -2.39. The molecule has 1 aromatic carbocycles. The maximum Gasteiger partial charge on any atom is 0.513 e. The van der Waals surface area contributed by atoms with Crippen LogP contribution in [-0.4, -0.2) is 36.2 Å². The Morgan fingerprint density at radius 3 is 2.80 bits per heavy atom. The molecule has 2 heterocycles. The Morgan fingerprint density at radius 2 is 2.12 bits per heavy atom. The van der Waals surface area contributed by atoms with Crippen molar-refractivity contribution in [3.63, 3.8) is 0 Å². The van der Waals surface area contributed by atoms with Crippen molar-refractivity contribution in [1.29, 1.82) is 0 Å². The zero-order valence-electron chi connectivity index (χ0n) is 14.4. The van der Waals surface area contributed by atoms with E-state index in [9.17, 15) is 14.7 Å². The predicted molar refractivity (Wildman–Crippen MR) is 87.3 cm³/mol. The Morgan fingerprint density at radius 1 is 1.40 bits per heavy atom. The molecule has 1 saturated heterocycles. The summed E-state index contributed by atoms with van der Waals surface area (Å²) in [5.41, 5.74) is 0.604. The van der Waals surface area contributed by atoms with Gasteiger partial charge in [0.05, 0.1) is 12.5 Å². The van der Waals surface area contributed by atoms with Gasteiger partial charge in [-0.2, -0.15) is 0 Å². The largest absolute Gasteiger partial charge is 0.513 e. The highest BCUT2D eigenvalue weighted by atomic mass is 16.7. The highest BCUT2D eigenvalue weighted by molar-refractivity contribution is 5.79. The molecule has 7 nitrogen and oxygen atoms in total. The van der Waals surface area contributed by atoms with Crippen molar-refractivity contribution in [3.8, 4) is 0 Å². The zero-order chi connectivity index (χ0) is 18.2. The fraction of sp³-hybridized carbons (Fsp3) is 0.444. The van der Waals surface area contributed by atoms with Crippen molar-refractivity contribution in [2.24, 2.45) is 5.92 Å². The van der Waals surface area contributed by atoms with Crippen LogP contribution in [0.1, 0.15) is 30.9 Å². The van der Waals surface area contributed by atoms with Crippen molar-refractivity contribution in [3.05, 3.63) is 46.8 Å². The van der Waals surface area contributed by atoms with Crippen LogP contribution in [0.4, 0.5) is 4.79 Å². The van der Waals surface area contributed by atoms with Gasteiger partial charge in [-0.15, -0.1) is 0 Å². The SMILES string of the molecule is CCOC(=O)OC1=C(C)NC2(O)COC(=O)C2C1c1ccccc1C. The first-order valence-corrected chi connectivity index (χ1v) is 8.15. The lowest BCUT2D eigenvalue weighted by Crippen LogP contribution is -2.56. The zero-order valence-corrected chi connectivity index (χ0v) is 14.4. The Kier molecular flexibility index (Phi) is 4.43. The summed E-state index contributed by atoms with van der Waals surface area (Å²) in [4.78, 5) is 24.2. The van der Waals surface area contributed by atoms with E-state index in [1.54, 1.807) is 13.8 Å². The summed E-state index contributed by atoms with van der Waals surface area (Å²) >= 11 is 0. The Hall–Kier alpha value is -2.54. The highest BCUT2D eigenvalue weighted by Crippen LogP contribution is 2.47. The molecule has 0 aromatic heterocycles. The van der Waals surface area contributed by atoms with Gasteiger partial charge < -0.3 is 24.6 Å². The summed E-state index contributed by atoms with van der Waals surface area (Å²) in [6, 6.07) is 7.45. The van der Waals surface area contributed by atoms with Gasteiger partial charge in [0.1, 0.15) is 18.3 Å². The molecule has 3 atom stereocenters. The van der Waals surface area contributed by atoms with Gasteiger partial charge in [-0.3, -0.25) is 4.79 Å². The maximum atomic E-state index is 12.4. The van der Waals surface area contributed by atoms with Crippen LogP contribution in [0.15, 0.2) is 35.7 Å². The minimum atomic E-state index is -1.55. The van der Waals surface area contributed by atoms with Crippen LogP contribution in [0, 0.1) is 12.8 Å². The van der Waals surface area contributed by atoms with Gasteiger partial charge in [0.2, 0.25) is 0 Å². The number of hydrogen-bond acceptors (Lipinski definition) is 7. The van der Waals surface area contributed by atoms with Gasteiger partial charge in [0.25, 0.3) is 0 Å². The second-order valence-electron chi connectivity index (χ2n) is 6.24. The van der Waals surface area contributed by atoms with Gasteiger partial charge in [0, 0.05) is 5.70 Å². The minimum Gasteiger partial charge on any atom is -0.460 e. The fourth-order valence-corrected chi connectivity index (χ4v) is 3.49. The van der Waals surface area contributed by atoms with Gasteiger partial charge in [-0.05, 0) is 31.9 Å². The molecule has 0 radical (unpaired) electrons. The quantitative estimate of drug-likeness (QED) is 0.807. The molecule has 3 rings (SSSR count). The lowest BCUT2D eigenvalue weighted by atomic mass is 9.75. The number of carbonyl (C=O) groups is 2. The molecule has 0 amide bonds. The van der Waals surface area contributed by atoms with E-state index in [2.05, 4.69) is 5.32 Å². The number of allylic oxidation sites excluding steroid dienone is 2. The van der Waals surface area contributed by atoms with Crippen molar-refractivity contribution < 1.29 is 28.9 Å². The third kappa shape index (κ3) is 2.95. The van der Waals surface area contributed by atoms with E-state index in [0.717, 1.165) is 11.1 Å². The van der Waals surface area contributed by atoms with Gasteiger partial charge in [0.15, 0.2) is 5.72 Å². The average molecular weight is 347 g/mol. The Labute approximate surface area is 145 Å². The molecular weight excluding hydrogens is 326 g/mol. The number of fused-ring (bicyclic) bond motifs is 1. The lowest BCUT2D eigenvalue weighted by molar-refractivity contribution is -0.142. The molecule has 0 aliphatic carbocycles. The van der Waals surface area contributed by atoms with E-state index in [4.69, 9.17) is 14.2 Å². The molecule has 1 fully saturated rings. The molecule has 0 saturated carbocycles. The number of ether oxygens (including phenoxy) is 3. The summed E-state index contributed by atoms with van der Waals surface area (Å²) in [7, 11) is 0. The first-order valence-electron chi connectivity index (χ1n) is 8.15. The van der Waals surface area contributed by atoms with E-state index in [1.165, 1.54) is 0 Å². The summed E-state index contributed by atoms with van der Waals surface area (Å²) in [6.45, 7) is 5.25. The Balaban J connectivity index is 2.11. The van der Waals surface area contributed by atoms with Crippen LogP contribution in [0.5, 0.6) is 0 Å². The first kappa shape index (κ1) is 17.3. The second-order valence-corrected chi connectivity index (χ2v) is 6.24. The third-order valence-corrected chi connectivity index (χ3v) is 4.57. The predicted octanol–water partition coefficient (Wildman–Crippen LogP) is 1.95. The summed E-state index contributed by atoms with van der Waals surface area (Å²) in [5.74, 6) is -1.88. The molecular formula is C18H21NO6. The molecule has 7 heteroatoms. The minimum absolute atomic E-state index is 0.164. The monoisotopic (exact) mass is 347 g/mol. The molecule has 2 aliphatic rings. The normalized spacial score (nSPS) is 28.1. The van der Waals surface area contributed by atoms with E-state index in [0.29, 0.717) is 5.70 Å². The van der Waals surface area contributed by atoms with Gasteiger partial charge >= 0.3 is 12.1 Å². The molecule has 3 unspecified atom stereocenters. The number of hydrogen-bond donors (Lipinski definition) is 2. The molecule has 2 N–H and O–H groups in total. The summed E-state index contributed by atoms with van der Waals surface area (Å²) in [6.07, 6.45) is -0.853. The van der Waals surface area contributed by atoms with Crippen LogP contribution in [-0.2, 0) is 19.0 Å². The number of aliphatic hydroxyl groups is 1. The number of nitrogens with one attached hydrogen (secondary N) is 1. The third-order valence-electron chi connectivity index (χ3n) is 4.57. The Bertz CT molecular complexity index is 743. The highest BCUT2D eigenvalue weighted by Gasteiger charge is 2.58. The van der Waals surface area contributed by atoms with Crippen LogP contribution < -0.4 is 5.32 Å². The number of cyclic esters (lactones) is 1. The number of esters is 1. The van der Waals surface area contributed by atoms with Gasteiger partial charge in [-0.25, -0.2) is 4.79 Å². The number of aryl methyl sites for hydroxylation is 1. The summed E-state index contributed by atoms with van der Waals surface area (Å²) in [5, 5.41) is 13.7. The maximum absolute atomic E-state index is 12.4. The van der Waals surface area contributed by atoms with E-state index < -0.39 is 29.7 Å². The van der Waals surface area contributed by atoms with E-state index in [-0.39, 0.29) is 19.0 Å². The first-order chi connectivity index (χ1) is 11.9. The van der Waals surface area contributed by atoms with Crippen LogP contribution in [0.2, 0.25) is 0 Å². The van der Waals surface area contributed by atoms with Crippen molar-refractivity contribution in [1.82, 2.24) is 5.32 Å². The van der Waals surface area contributed by atoms with Crippen LogP contribution in [0.3, 0.4) is 0 Å². The molecule has 25 heavy (non-hydrogen) atoms. The number of benzene rings is 1. The van der Waals surface area contributed by atoms with Gasteiger partial charge in [-0.1, -0.05) is 24.3 Å². The molecule has 0 spiro atoms. The molecule has 1 aromatic rings.